The lowest BCUT2D eigenvalue weighted by Crippen LogP contribution is -2.00. The summed E-state index contributed by atoms with van der Waals surface area (Å²) in [5.74, 6) is 0.209. The fourth-order valence-electron chi connectivity index (χ4n) is 2.73. The van der Waals surface area contributed by atoms with E-state index in [-0.39, 0.29) is 5.82 Å². The summed E-state index contributed by atoms with van der Waals surface area (Å²) in [7, 11) is 0. The van der Waals surface area contributed by atoms with E-state index >= 15 is 0 Å². The molecule has 0 N–H and O–H groups in total. The molecule has 1 aromatic heterocycles. The van der Waals surface area contributed by atoms with Gasteiger partial charge in [-0.15, -0.1) is 10.2 Å². The highest BCUT2D eigenvalue weighted by Crippen LogP contribution is 2.30. The number of fused-ring (bicyclic) bond motifs is 1. The molecule has 0 atom stereocenters. The van der Waals surface area contributed by atoms with Crippen molar-refractivity contribution < 1.29 is 9.13 Å². The van der Waals surface area contributed by atoms with Crippen LogP contribution in [0.15, 0.2) is 78.9 Å². The van der Waals surface area contributed by atoms with E-state index in [1.165, 1.54) is 12.1 Å². The first-order valence-corrected chi connectivity index (χ1v) is 7.99. The number of nitrogens with zero attached hydrogens (tertiary/aromatic N) is 2. The molecule has 0 amide bonds. The molecule has 0 bridgehead atoms. The maximum absolute atomic E-state index is 13.0. The van der Waals surface area contributed by atoms with Crippen molar-refractivity contribution in [3.05, 3.63) is 90.2 Å². The molecule has 0 saturated heterocycles. The second kappa shape index (κ2) is 6.69. The second-order valence-electron chi connectivity index (χ2n) is 5.68. The number of aromatic nitrogens is 2. The van der Waals surface area contributed by atoms with Crippen LogP contribution < -0.4 is 4.74 Å². The Balaban J connectivity index is 1.70. The van der Waals surface area contributed by atoms with Crippen LogP contribution in [0.2, 0.25) is 0 Å². The largest absolute Gasteiger partial charge is 0.471 e. The van der Waals surface area contributed by atoms with Gasteiger partial charge in [-0.25, -0.2) is 4.39 Å². The van der Waals surface area contributed by atoms with Crippen molar-refractivity contribution in [2.24, 2.45) is 0 Å². The van der Waals surface area contributed by atoms with Crippen molar-refractivity contribution >= 4 is 10.8 Å². The van der Waals surface area contributed by atoms with Gasteiger partial charge in [-0.1, -0.05) is 60.7 Å². The summed E-state index contributed by atoms with van der Waals surface area (Å²) < 4.78 is 18.8. The summed E-state index contributed by atoms with van der Waals surface area (Å²) in [6.07, 6.45) is 0. The minimum absolute atomic E-state index is 0.263. The van der Waals surface area contributed by atoms with Crippen LogP contribution in [0.3, 0.4) is 0 Å². The van der Waals surface area contributed by atoms with Crippen LogP contribution in [-0.4, -0.2) is 10.2 Å². The fourth-order valence-corrected chi connectivity index (χ4v) is 2.73. The highest BCUT2D eigenvalue weighted by molar-refractivity contribution is 5.96. The third-order valence-corrected chi connectivity index (χ3v) is 3.99. The predicted octanol–water partition coefficient (Wildman–Crippen LogP) is 5.01. The molecule has 25 heavy (non-hydrogen) atoms. The summed E-state index contributed by atoms with van der Waals surface area (Å²) in [6.45, 7) is 0.309. The minimum Gasteiger partial charge on any atom is -0.471 e. The molecular weight excluding hydrogens is 315 g/mol. The quantitative estimate of drug-likeness (QED) is 0.527. The zero-order valence-electron chi connectivity index (χ0n) is 13.4. The van der Waals surface area contributed by atoms with Crippen LogP contribution in [0, 0.1) is 5.82 Å². The second-order valence-corrected chi connectivity index (χ2v) is 5.68. The van der Waals surface area contributed by atoms with E-state index in [9.17, 15) is 4.39 Å². The van der Waals surface area contributed by atoms with E-state index < -0.39 is 0 Å². The first kappa shape index (κ1) is 15.3. The normalized spacial score (nSPS) is 10.8. The zero-order valence-corrected chi connectivity index (χ0v) is 13.4. The van der Waals surface area contributed by atoms with Gasteiger partial charge in [-0.05, 0) is 23.8 Å². The van der Waals surface area contributed by atoms with Gasteiger partial charge in [0.05, 0.1) is 0 Å². The number of hydrogen-bond donors (Lipinski definition) is 0. The third kappa shape index (κ3) is 3.19. The van der Waals surface area contributed by atoms with Crippen LogP contribution in [0.25, 0.3) is 22.0 Å². The first-order chi connectivity index (χ1) is 12.3. The highest BCUT2D eigenvalue weighted by atomic mass is 19.1. The van der Waals surface area contributed by atoms with Crippen LogP contribution >= 0.6 is 0 Å². The third-order valence-electron chi connectivity index (χ3n) is 3.99. The average Bonchev–Trinajstić information content (AvgIpc) is 2.68. The van der Waals surface area contributed by atoms with Crippen LogP contribution in [-0.2, 0) is 6.61 Å². The van der Waals surface area contributed by atoms with Crippen molar-refractivity contribution in [2.45, 2.75) is 6.61 Å². The number of rotatable bonds is 4. The van der Waals surface area contributed by atoms with Gasteiger partial charge < -0.3 is 4.74 Å². The molecular formula is C21H15FN2O. The Labute approximate surface area is 144 Å². The van der Waals surface area contributed by atoms with Gasteiger partial charge in [0.1, 0.15) is 18.1 Å². The molecule has 0 aliphatic heterocycles. The van der Waals surface area contributed by atoms with Crippen LogP contribution in [0.4, 0.5) is 4.39 Å². The Kier molecular flexibility index (Phi) is 4.09. The van der Waals surface area contributed by atoms with Crippen molar-refractivity contribution in [1.29, 1.82) is 0 Å². The van der Waals surface area contributed by atoms with Crippen molar-refractivity contribution in [3.63, 3.8) is 0 Å². The molecule has 4 rings (SSSR count). The molecule has 0 saturated carbocycles. The predicted molar refractivity (Wildman–Crippen MR) is 95.7 cm³/mol. The molecule has 0 radical (unpaired) electrons. The maximum atomic E-state index is 13.0. The number of halogens is 1. The van der Waals surface area contributed by atoms with Crippen molar-refractivity contribution in [3.8, 4) is 17.1 Å². The molecule has 0 unspecified atom stereocenters. The molecule has 0 aliphatic carbocycles. The van der Waals surface area contributed by atoms with Crippen LogP contribution in [0.5, 0.6) is 5.88 Å². The van der Waals surface area contributed by atoms with Gasteiger partial charge in [-0.3, -0.25) is 0 Å². The molecule has 3 nitrogen and oxygen atoms in total. The first-order valence-electron chi connectivity index (χ1n) is 7.99. The molecule has 0 fully saturated rings. The van der Waals surface area contributed by atoms with Gasteiger partial charge in [0, 0.05) is 16.3 Å². The standard InChI is InChI=1S/C21H15FN2O/c22-17-12-10-15(11-13-17)14-25-21-19-9-5-4-8-18(19)20(23-24-21)16-6-2-1-3-7-16/h1-13H,14H2. The molecule has 4 heteroatoms. The van der Waals surface area contributed by atoms with Crippen LogP contribution in [0.1, 0.15) is 5.56 Å². The Hall–Kier alpha value is -3.27. The Bertz CT molecular complexity index is 1000. The van der Waals surface area contributed by atoms with Gasteiger partial charge in [-0.2, -0.15) is 0 Å². The highest BCUT2D eigenvalue weighted by Gasteiger charge is 2.11. The lowest BCUT2D eigenvalue weighted by Gasteiger charge is -2.10. The average molecular weight is 330 g/mol. The topological polar surface area (TPSA) is 35.0 Å². The molecule has 122 valence electrons. The lowest BCUT2D eigenvalue weighted by molar-refractivity contribution is 0.294. The smallest absolute Gasteiger partial charge is 0.241 e. The fraction of sp³-hybridized carbons (Fsp3) is 0.0476. The summed E-state index contributed by atoms with van der Waals surface area (Å²) in [6, 6.07) is 24.1. The summed E-state index contributed by atoms with van der Waals surface area (Å²) in [5.41, 5.74) is 2.71. The van der Waals surface area contributed by atoms with E-state index in [0.29, 0.717) is 12.5 Å². The monoisotopic (exact) mass is 330 g/mol. The number of ether oxygens (including phenoxy) is 1. The Morgan fingerprint density at radius 2 is 1.40 bits per heavy atom. The van der Waals surface area contributed by atoms with Crippen molar-refractivity contribution in [2.75, 3.05) is 0 Å². The number of hydrogen-bond acceptors (Lipinski definition) is 3. The van der Waals surface area contributed by atoms with Gasteiger partial charge in [0.2, 0.25) is 5.88 Å². The molecule has 0 aliphatic rings. The van der Waals surface area contributed by atoms with Gasteiger partial charge in [0.15, 0.2) is 0 Å². The maximum Gasteiger partial charge on any atom is 0.241 e. The van der Waals surface area contributed by atoms with Crippen molar-refractivity contribution in [1.82, 2.24) is 10.2 Å². The molecule has 3 aromatic carbocycles. The Morgan fingerprint density at radius 1 is 0.720 bits per heavy atom. The van der Waals surface area contributed by atoms with Gasteiger partial charge >= 0.3 is 0 Å². The van der Waals surface area contributed by atoms with E-state index in [1.54, 1.807) is 12.1 Å². The minimum atomic E-state index is -0.263. The summed E-state index contributed by atoms with van der Waals surface area (Å²) in [4.78, 5) is 0. The SMILES string of the molecule is Fc1ccc(COc2nnc(-c3ccccc3)c3ccccc23)cc1. The molecule has 4 aromatic rings. The Morgan fingerprint density at radius 3 is 2.16 bits per heavy atom. The molecule has 0 spiro atoms. The summed E-state index contributed by atoms with van der Waals surface area (Å²) >= 11 is 0. The van der Waals surface area contributed by atoms with Gasteiger partial charge in [0.25, 0.3) is 0 Å². The summed E-state index contributed by atoms with van der Waals surface area (Å²) in [5, 5.41) is 10.5. The van der Waals surface area contributed by atoms with E-state index in [4.69, 9.17) is 4.74 Å². The lowest BCUT2D eigenvalue weighted by atomic mass is 10.1. The van der Waals surface area contributed by atoms with E-state index in [1.807, 2.05) is 54.6 Å². The van der Waals surface area contributed by atoms with E-state index in [2.05, 4.69) is 10.2 Å². The van der Waals surface area contributed by atoms with E-state index in [0.717, 1.165) is 27.6 Å². The number of benzene rings is 3. The zero-order chi connectivity index (χ0) is 17.1. The molecule has 1 heterocycles.